The van der Waals surface area contributed by atoms with E-state index < -0.39 is 10.4 Å². The average molecular weight is 260 g/mol. The van der Waals surface area contributed by atoms with Crippen LogP contribution < -0.4 is 4.18 Å². The van der Waals surface area contributed by atoms with Gasteiger partial charge < -0.3 is 4.18 Å². The molecule has 0 saturated heterocycles. The predicted molar refractivity (Wildman–Crippen MR) is 58.9 cm³/mol. The number of halogens is 1. The van der Waals surface area contributed by atoms with E-state index in [1.807, 2.05) is 0 Å². The summed E-state index contributed by atoms with van der Waals surface area (Å²) in [6.45, 7) is 0. The minimum absolute atomic E-state index is 0.0671. The molecular formula is C9H6ClNO4S. The fraction of sp³-hybridized carbons (Fsp3) is 0. The Labute approximate surface area is 96.6 Å². The number of hydrogen-bond donors (Lipinski definition) is 1. The number of rotatable bonds is 2. The van der Waals surface area contributed by atoms with E-state index in [1.54, 1.807) is 12.1 Å². The van der Waals surface area contributed by atoms with Crippen LogP contribution in [-0.4, -0.2) is 18.0 Å². The molecule has 0 unspecified atom stereocenters. The van der Waals surface area contributed by atoms with E-state index in [-0.39, 0.29) is 11.3 Å². The maximum Gasteiger partial charge on any atom is 0.446 e. The van der Waals surface area contributed by atoms with Gasteiger partial charge in [-0.15, -0.1) is 0 Å². The summed E-state index contributed by atoms with van der Waals surface area (Å²) in [6, 6.07) is 6.12. The van der Waals surface area contributed by atoms with Gasteiger partial charge in [0.1, 0.15) is 5.52 Å². The molecule has 1 aromatic heterocycles. The molecule has 0 bridgehead atoms. The molecule has 1 heterocycles. The Morgan fingerprint density at radius 1 is 1.31 bits per heavy atom. The third-order valence-electron chi connectivity index (χ3n) is 1.87. The van der Waals surface area contributed by atoms with Gasteiger partial charge in [0.2, 0.25) is 0 Å². The van der Waals surface area contributed by atoms with Crippen LogP contribution >= 0.6 is 11.6 Å². The van der Waals surface area contributed by atoms with Crippen LogP contribution in [0.15, 0.2) is 30.5 Å². The Balaban J connectivity index is 2.68. The summed E-state index contributed by atoms with van der Waals surface area (Å²) in [5, 5.41) is 0.969. The number of pyridine rings is 1. The fourth-order valence-corrected chi connectivity index (χ4v) is 1.87. The quantitative estimate of drug-likeness (QED) is 0.836. The molecule has 84 valence electrons. The second-order valence-corrected chi connectivity index (χ2v) is 4.39. The Morgan fingerprint density at radius 2 is 2.06 bits per heavy atom. The van der Waals surface area contributed by atoms with Gasteiger partial charge in [-0.05, 0) is 24.3 Å². The van der Waals surface area contributed by atoms with Crippen LogP contribution in [0.2, 0.25) is 5.02 Å². The van der Waals surface area contributed by atoms with E-state index in [9.17, 15) is 8.42 Å². The Bertz CT molecular complexity index is 641. The normalized spacial score (nSPS) is 11.6. The lowest BCUT2D eigenvalue weighted by Crippen LogP contribution is -2.07. The van der Waals surface area contributed by atoms with Gasteiger partial charge in [-0.3, -0.25) is 9.54 Å². The third-order valence-corrected chi connectivity index (χ3v) is 2.59. The zero-order valence-corrected chi connectivity index (χ0v) is 9.36. The van der Waals surface area contributed by atoms with Crippen molar-refractivity contribution in [3.63, 3.8) is 0 Å². The summed E-state index contributed by atoms with van der Waals surface area (Å²) in [5.74, 6) is -0.0671. The first-order valence-corrected chi connectivity index (χ1v) is 5.92. The van der Waals surface area contributed by atoms with Crippen molar-refractivity contribution < 1.29 is 17.2 Å². The molecule has 0 spiro atoms. The van der Waals surface area contributed by atoms with Crippen LogP contribution in [0.3, 0.4) is 0 Å². The van der Waals surface area contributed by atoms with Gasteiger partial charge in [-0.2, -0.15) is 8.42 Å². The van der Waals surface area contributed by atoms with E-state index in [1.165, 1.54) is 18.3 Å². The predicted octanol–water partition coefficient (Wildman–Crippen LogP) is 2.07. The van der Waals surface area contributed by atoms with Crippen LogP contribution in [0.5, 0.6) is 5.75 Å². The summed E-state index contributed by atoms with van der Waals surface area (Å²) in [5.41, 5.74) is 0.271. The molecule has 0 saturated carbocycles. The zero-order valence-electron chi connectivity index (χ0n) is 7.79. The first kappa shape index (κ1) is 11.1. The molecule has 2 rings (SSSR count). The van der Waals surface area contributed by atoms with Crippen molar-refractivity contribution >= 4 is 32.9 Å². The lowest BCUT2D eigenvalue weighted by Gasteiger charge is -2.05. The minimum Gasteiger partial charge on any atom is -0.359 e. The topological polar surface area (TPSA) is 76.5 Å². The van der Waals surface area contributed by atoms with Crippen molar-refractivity contribution in [3.8, 4) is 5.75 Å². The maximum atomic E-state index is 10.6. The van der Waals surface area contributed by atoms with Crippen molar-refractivity contribution in [2.75, 3.05) is 0 Å². The average Bonchev–Trinajstić information content (AvgIpc) is 2.21. The van der Waals surface area contributed by atoms with E-state index >= 15 is 0 Å². The van der Waals surface area contributed by atoms with Crippen molar-refractivity contribution in [3.05, 3.63) is 35.5 Å². The van der Waals surface area contributed by atoms with Gasteiger partial charge in [0.25, 0.3) is 0 Å². The summed E-state index contributed by atoms with van der Waals surface area (Å²) in [4.78, 5) is 3.94. The highest BCUT2D eigenvalue weighted by atomic mass is 35.5. The highest BCUT2D eigenvalue weighted by molar-refractivity contribution is 7.81. The Hall–Kier alpha value is -1.37. The number of benzene rings is 1. The zero-order chi connectivity index (χ0) is 11.8. The van der Waals surface area contributed by atoms with Crippen LogP contribution in [-0.2, 0) is 10.4 Å². The molecule has 2 aromatic rings. The SMILES string of the molecule is O=S(=O)(O)Oc1ccc(Cl)c2cccnc12. The molecule has 1 aromatic carbocycles. The molecule has 0 fully saturated rings. The lowest BCUT2D eigenvalue weighted by atomic mass is 10.2. The summed E-state index contributed by atoms with van der Waals surface area (Å²) in [7, 11) is -4.56. The number of hydrogen-bond acceptors (Lipinski definition) is 4. The summed E-state index contributed by atoms with van der Waals surface area (Å²) < 4.78 is 34.2. The van der Waals surface area contributed by atoms with Crippen molar-refractivity contribution in [2.45, 2.75) is 0 Å². The molecule has 1 N–H and O–H groups in total. The highest BCUT2D eigenvalue weighted by Crippen LogP contribution is 2.30. The van der Waals surface area contributed by atoms with Crippen molar-refractivity contribution in [1.29, 1.82) is 0 Å². The number of nitrogens with zero attached hydrogens (tertiary/aromatic N) is 1. The van der Waals surface area contributed by atoms with Crippen LogP contribution in [0.25, 0.3) is 10.9 Å². The second-order valence-electron chi connectivity index (χ2n) is 2.96. The van der Waals surface area contributed by atoms with E-state index in [4.69, 9.17) is 16.2 Å². The van der Waals surface area contributed by atoms with Gasteiger partial charge >= 0.3 is 10.4 Å². The van der Waals surface area contributed by atoms with Gasteiger partial charge in [0.15, 0.2) is 5.75 Å². The Morgan fingerprint density at radius 3 is 2.75 bits per heavy atom. The monoisotopic (exact) mass is 259 g/mol. The molecule has 0 aliphatic heterocycles. The van der Waals surface area contributed by atoms with E-state index in [0.717, 1.165) is 0 Å². The smallest absolute Gasteiger partial charge is 0.359 e. The van der Waals surface area contributed by atoms with E-state index in [2.05, 4.69) is 9.17 Å². The van der Waals surface area contributed by atoms with Crippen molar-refractivity contribution in [1.82, 2.24) is 4.98 Å². The second kappa shape index (κ2) is 3.89. The standard InChI is InChI=1S/C9H6ClNO4S/c10-7-3-4-8(15-16(12,13)14)9-6(7)2-1-5-11-9/h1-5H,(H,12,13,14). The Kier molecular flexibility index (Phi) is 2.71. The van der Waals surface area contributed by atoms with Crippen molar-refractivity contribution in [2.24, 2.45) is 0 Å². The van der Waals surface area contributed by atoms with Gasteiger partial charge in [-0.1, -0.05) is 11.6 Å². The first-order chi connectivity index (χ1) is 7.47. The molecule has 5 nitrogen and oxygen atoms in total. The third kappa shape index (κ3) is 2.24. The first-order valence-electron chi connectivity index (χ1n) is 4.17. The van der Waals surface area contributed by atoms with E-state index in [0.29, 0.717) is 10.4 Å². The largest absolute Gasteiger partial charge is 0.446 e. The van der Waals surface area contributed by atoms with Gasteiger partial charge in [-0.25, -0.2) is 0 Å². The maximum absolute atomic E-state index is 10.6. The molecule has 7 heteroatoms. The summed E-state index contributed by atoms with van der Waals surface area (Å²) in [6.07, 6.45) is 1.47. The lowest BCUT2D eigenvalue weighted by molar-refractivity contribution is 0.388. The van der Waals surface area contributed by atoms with Gasteiger partial charge in [0.05, 0.1) is 5.02 Å². The molecule has 0 atom stereocenters. The molecule has 0 aliphatic carbocycles. The highest BCUT2D eigenvalue weighted by Gasteiger charge is 2.12. The van der Waals surface area contributed by atoms with Gasteiger partial charge in [0, 0.05) is 11.6 Å². The van der Waals surface area contributed by atoms with Crippen LogP contribution in [0.4, 0.5) is 0 Å². The molecule has 0 aliphatic rings. The number of fused-ring (bicyclic) bond motifs is 1. The molecule has 16 heavy (non-hydrogen) atoms. The molecule has 0 amide bonds. The summed E-state index contributed by atoms with van der Waals surface area (Å²) >= 11 is 5.89. The molecular weight excluding hydrogens is 254 g/mol. The minimum atomic E-state index is -4.56. The van der Waals surface area contributed by atoms with Crippen LogP contribution in [0, 0.1) is 0 Å². The van der Waals surface area contributed by atoms with Crippen LogP contribution in [0.1, 0.15) is 0 Å². The fourth-order valence-electron chi connectivity index (χ4n) is 1.29. The molecule has 0 radical (unpaired) electrons. The number of aromatic nitrogens is 1.